The second kappa shape index (κ2) is 6.89. The molecule has 0 bridgehead atoms. The summed E-state index contributed by atoms with van der Waals surface area (Å²) >= 11 is 0. The van der Waals surface area contributed by atoms with Crippen LogP contribution in [0.3, 0.4) is 0 Å². The number of nitrogens with two attached hydrogens (primary N) is 1. The van der Waals surface area contributed by atoms with Gasteiger partial charge in [-0.05, 0) is 43.7 Å². The lowest BCUT2D eigenvalue weighted by molar-refractivity contribution is -0.133. The quantitative estimate of drug-likeness (QED) is 0.916. The van der Waals surface area contributed by atoms with Crippen molar-refractivity contribution >= 4 is 5.91 Å². The van der Waals surface area contributed by atoms with Gasteiger partial charge in [-0.1, -0.05) is 36.8 Å². The van der Waals surface area contributed by atoms with E-state index in [0.29, 0.717) is 24.8 Å². The van der Waals surface area contributed by atoms with Crippen molar-refractivity contribution in [2.45, 2.75) is 33.1 Å². The van der Waals surface area contributed by atoms with Crippen molar-refractivity contribution in [3.8, 4) is 0 Å². The molecule has 0 saturated carbocycles. The molecule has 2 rings (SSSR count). The summed E-state index contributed by atoms with van der Waals surface area (Å²) in [5.74, 6) is 1.38. The van der Waals surface area contributed by atoms with Gasteiger partial charge in [-0.3, -0.25) is 4.79 Å². The fourth-order valence-corrected chi connectivity index (χ4v) is 2.96. The number of hydrogen-bond donors (Lipinski definition) is 1. The highest BCUT2D eigenvalue weighted by Gasteiger charge is 2.27. The summed E-state index contributed by atoms with van der Waals surface area (Å²) in [4.78, 5) is 14.3. The van der Waals surface area contributed by atoms with Gasteiger partial charge >= 0.3 is 0 Å². The second-order valence-electron chi connectivity index (χ2n) is 6.09. The molecule has 3 heteroatoms. The molecule has 0 radical (unpaired) electrons. The Morgan fingerprint density at radius 3 is 2.95 bits per heavy atom. The largest absolute Gasteiger partial charge is 0.342 e. The third kappa shape index (κ3) is 3.83. The second-order valence-corrected chi connectivity index (χ2v) is 6.09. The number of carbonyl (C=O) groups excluding carboxylic acids is 1. The fraction of sp³-hybridized carbons (Fsp3) is 0.588. The van der Waals surface area contributed by atoms with Crippen LogP contribution in [0.1, 0.15) is 30.9 Å². The molecule has 0 spiro atoms. The van der Waals surface area contributed by atoms with Gasteiger partial charge in [0, 0.05) is 19.5 Å². The van der Waals surface area contributed by atoms with E-state index < -0.39 is 0 Å². The lowest BCUT2D eigenvalue weighted by atomic mass is 9.87. The maximum Gasteiger partial charge on any atom is 0.222 e. The van der Waals surface area contributed by atoms with Crippen molar-refractivity contribution in [1.29, 1.82) is 0 Å². The Bertz CT molecular complexity index is 458. The van der Waals surface area contributed by atoms with Gasteiger partial charge in [-0.15, -0.1) is 0 Å². The Hall–Kier alpha value is -1.35. The van der Waals surface area contributed by atoms with E-state index in [1.807, 2.05) is 4.90 Å². The summed E-state index contributed by atoms with van der Waals surface area (Å²) in [7, 11) is 0. The molecule has 1 aromatic rings. The van der Waals surface area contributed by atoms with E-state index in [4.69, 9.17) is 5.73 Å². The smallest absolute Gasteiger partial charge is 0.222 e. The van der Waals surface area contributed by atoms with Crippen molar-refractivity contribution in [3.63, 3.8) is 0 Å². The molecule has 110 valence electrons. The Kier molecular flexibility index (Phi) is 5.18. The van der Waals surface area contributed by atoms with Crippen LogP contribution in [-0.2, 0) is 11.2 Å². The van der Waals surface area contributed by atoms with Crippen LogP contribution in [0.4, 0.5) is 0 Å². The normalized spacial score (nSPS) is 22.9. The van der Waals surface area contributed by atoms with Gasteiger partial charge in [0.15, 0.2) is 0 Å². The van der Waals surface area contributed by atoms with Gasteiger partial charge in [0.05, 0.1) is 0 Å². The summed E-state index contributed by atoms with van der Waals surface area (Å²) in [6.07, 6.45) is 2.52. The molecule has 3 nitrogen and oxygen atoms in total. The average Bonchev–Trinajstić information content (AvgIpc) is 2.45. The van der Waals surface area contributed by atoms with E-state index >= 15 is 0 Å². The van der Waals surface area contributed by atoms with Crippen molar-refractivity contribution < 1.29 is 4.79 Å². The fourth-order valence-electron chi connectivity index (χ4n) is 2.96. The highest BCUT2D eigenvalue weighted by atomic mass is 16.2. The minimum Gasteiger partial charge on any atom is -0.342 e. The number of likely N-dealkylation sites (tertiary alicyclic amines) is 1. The molecule has 1 aliphatic heterocycles. The highest BCUT2D eigenvalue weighted by Crippen LogP contribution is 2.23. The van der Waals surface area contributed by atoms with Gasteiger partial charge in [0.25, 0.3) is 0 Å². The zero-order chi connectivity index (χ0) is 14.5. The van der Waals surface area contributed by atoms with E-state index in [2.05, 4.69) is 38.1 Å². The molecule has 1 aliphatic rings. The predicted octanol–water partition coefficient (Wildman–Crippen LogP) is 2.37. The number of amides is 1. The van der Waals surface area contributed by atoms with Crippen LogP contribution in [0.2, 0.25) is 0 Å². The molecule has 2 atom stereocenters. The molecule has 2 unspecified atom stereocenters. The maximum absolute atomic E-state index is 12.3. The zero-order valence-corrected chi connectivity index (χ0v) is 12.6. The average molecular weight is 274 g/mol. The van der Waals surface area contributed by atoms with Gasteiger partial charge in [0.1, 0.15) is 0 Å². The van der Waals surface area contributed by atoms with E-state index in [0.717, 1.165) is 25.9 Å². The van der Waals surface area contributed by atoms with Crippen molar-refractivity contribution in [3.05, 3.63) is 35.4 Å². The van der Waals surface area contributed by atoms with E-state index in [1.54, 1.807) is 0 Å². The number of aryl methyl sites for hydroxylation is 2. The number of benzene rings is 1. The third-order valence-corrected chi connectivity index (χ3v) is 4.48. The number of carbonyl (C=O) groups is 1. The topological polar surface area (TPSA) is 46.3 Å². The molecular formula is C17H26N2O. The van der Waals surface area contributed by atoms with Gasteiger partial charge < -0.3 is 10.6 Å². The van der Waals surface area contributed by atoms with Crippen LogP contribution in [-0.4, -0.2) is 30.4 Å². The van der Waals surface area contributed by atoms with Crippen molar-refractivity contribution in [2.75, 3.05) is 19.6 Å². The first-order chi connectivity index (χ1) is 9.60. The van der Waals surface area contributed by atoms with Crippen LogP contribution in [0.15, 0.2) is 24.3 Å². The Morgan fingerprint density at radius 2 is 2.25 bits per heavy atom. The molecule has 1 fully saturated rings. The molecule has 1 heterocycles. The minimum absolute atomic E-state index is 0.275. The van der Waals surface area contributed by atoms with Gasteiger partial charge in [0.2, 0.25) is 5.91 Å². The first-order valence-corrected chi connectivity index (χ1v) is 7.63. The Balaban J connectivity index is 1.86. The number of hydrogen-bond acceptors (Lipinski definition) is 2. The van der Waals surface area contributed by atoms with Crippen LogP contribution in [0.5, 0.6) is 0 Å². The SMILES string of the molecule is Cc1cccc(CCC(=O)N2CCC(C)C(CN)C2)c1. The van der Waals surface area contributed by atoms with Crippen molar-refractivity contribution in [1.82, 2.24) is 4.90 Å². The van der Waals surface area contributed by atoms with Crippen LogP contribution < -0.4 is 5.73 Å². The molecule has 20 heavy (non-hydrogen) atoms. The Morgan fingerprint density at radius 1 is 1.45 bits per heavy atom. The van der Waals surface area contributed by atoms with Crippen molar-refractivity contribution in [2.24, 2.45) is 17.6 Å². The summed E-state index contributed by atoms with van der Waals surface area (Å²) in [5, 5.41) is 0. The number of rotatable bonds is 4. The number of nitrogens with zero attached hydrogens (tertiary/aromatic N) is 1. The highest BCUT2D eigenvalue weighted by molar-refractivity contribution is 5.76. The van der Waals surface area contributed by atoms with E-state index in [9.17, 15) is 4.79 Å². The van der Waals surface area contributed by atoms with Crippen LogP contribution in [0, 0.1) is 18.8 Å². The molecule has 0 aliphatic carbocycles. The number of piperidine rings is 1. The molecular weight excluding hydrogens is 248 g/mol. The molecule has 0 aromatic heterocycles. The summed E-state index contributed by atoms with van der Waals surface area (Å²) in [6.45, 7) is 6.74. The van der Waals surface area contributed by atoms with Crippen LogP contribution >= 0.6 is 0 Å². The van der Waals surface area contributed by atoms with E-state index in [1.165, 1.54) is 11.1 Å². The van der Waals surface area contributed by atoms with Crippen LogP contribution in [0.25, 0.3) is 0 Å². The maximum atomic E-state index is 12.3. The molecule has 1 amide bonds. The first-order valence-electron chi connectivity index (χ1n) is 7.63. The van der Waals surface area contributed by atoms with Gasteiger partial charge in [-0.25, -0.2) is 0 Å². The monoisotopic (exact) mass is 274 g/mol. The van der Waals surface area contributed by atoms with E-state index in [-0.39, 0.29) is 5.91 Å². The molecule has 1 aromatic carbocycles. The van der Waals surface area contributed by atoms with Gasteiger partial charge in [-0.2, -0.15) is 0 Å². The lowest BCUT2D eigenvalue weighted by Gasteiger charge is -2.36. The third-order valence-electron chi connectivity index (χ3n) is 4.48. The molecule has 1 saturated heterocycles. The summed E-state index contributed by atoms with van der Waals surface area (Å²) in [6, 6.07) is 8.40. The summed E-state index contributed by atoms with van der Waals surface area (Å²) < 4.78 is 0. The standard InChI is InChI=1S/C17H26N2O/c1-13-4-3-5-15(10-13)6-7-17(20)19-9-8-14(2)16(11-18)12-19/h3-5,10,14,16H,6-9,11-12,18H2,1-2H3. The lowest BCUT2D eigenvalue weighted by Crippen LogP contribution is -2.45. The predicted molar refractivity (Wildman–Crippen MR) is 82.4 cm³/mol. The minimum atomic E-state index is 0.275. The first kappa shape index (κ1) is 15.0. The molecule has 2 N–H and O–H groups in total. The Labute approximate surface area is 122 Å². The summed E-state index contributed by atoms with van der Waals surface area (Å²) in [5.41, 5.74) is 8.30. The zero-order valence-electron chi connectivity index (χ0n) is 12.6.